The number of fused-ring (bicyclic) bond motifs is 3. The molecule has 2 aliphatic heterocycles. The lowest BCUT2D eigenvalue weighted by atomic mass is 9.87. The van der Waals surface area contributed by atoms with Crippen molar-refractivity contribution >= 4 is 5.91 Å². The highest BCUT2D eigenvalue weighted by molar-refractivity contribution is 5.78. The van der Waals surface area contributed by atoms with Crippen LogP contribution in [0.3, 0.4) is 0 Å². The van der Waals surface area contributed by atoms with Crippen LogP contribution in [0.4, 0.5) is 0 Å². The summed E-state index contributed by atoms with van der Waals surface area (Å²) in [6, 6.07) is 8.90. The number of nitrogens with zero attached hydrogens (tertiary/aromatic N) is 1. The Kier molecular flexibility index (Phi) is 3.06. The summed E-state index contributed by atoms with van der Waals surface area (Å²) in [7, 11) is 1.56. The molecule has 4 nitrogen and oxygen atoms in total. The van der Waals surface area contributed by atoms with Gasteiger partial charge in [-0.1, -0.05) is 24.3 Å². The first-order valence-corrected chi connectivity index (χ1v) is 6.37. The minimum atomic E-state index is 0.0891. The van der Waals surface area contributed by atoms with Crippen LogP contribution in [0, 0.1) is 0 Å². The van der Waals surface area contributed by atoms with E-state index in [4.69, 9.17) is 4.74 Å². The highest BCUT2D eigenvalue weighted by Crippen LogP contribution is 2.33. The molecule has 1 fully saturated rings. The van der Waals surface area contributed by atoms with E-state index in [1.807, 2.05) is 4.90 Å². The van der Waals surface area contributed by atoms with Crippen LogP contribution in [0.1, 0.15) is 17.0 Å². The first-order valence-electron chi connectivity index (χ1n) is 6.37. The van der Waals surface area contributed by atoms with Gasteiger partial charge in [0, 0.05) is 38.7 Å². The molecule has 3 rings (SSSR count). The molecule has 0 saturated carbocycles. The van der Waals surface area contributed by atoms with Crippen LogP contribution in [-0.2, 0) is 16.1 Å². The van der Waals surface area contributed by atoms with Crippen molar-refractivity contribution in [2.45, 2.75) is 18.5 Å². The summed E-state index contributed by atoms with van der Waals surface area (Å²) in [5.41, 5.74) is 2.76. The molecule has 1 aromatic carbocycles. The fraction of sp³-hybridized carbons (Fsp3) is 0.500. The molecule has 96 valence electrons. The average molecular weight is 246 g/mol. The van der Waals surface area contributed by atoms with E-state index in [2.05, 4.69) is 29.6 Å². The monoisotopic (exact) mass is 246 g/mol. The Morgan fingerprint density at radius 1 is 1.44 bits per heavy atom. The summed E-state index contributed by atoms with van der Waals surface area (Å²) < 4.78 is 4.93. The highest BCUT2D eigenvalue weighted by atomic mass is 16.5. The smallest absolute Gasteiger partial charge is 0.248 e. The van der Waals surface area contributed by atoms with Crippen LogP contribution in [-0.4, -0.2) is 43.7 Å². The van der Waals surface area contributed by atoms with Crippen molar-refractivity contribution in [2.24, 2.45) is 0 Å². The van der Waals surface area contributed by atoms with E-state index >= 15 is 0 Å². The third-order valence-corrected chi connectivity index (χ3v) is 3.95. The molecule has 1 N–H and O–H groups in total. The van der Waals surface area contributed by atoms with E-state index in [9.17, 15) is 4.79 Å². The number of nitrogens with one attached hydrogen (secondary N) is 1. The molecule has 2 heterocycles. The Morgan fingerprint density at radius 2 is 2.28 bits per heavy atom. The highest BCUT2D eigenvalue weighted by Gasteiger charge is 2.38. The number of rotatable bonds is 2. The summed E-state index contributed by atoms with van der Waals surface area (Å²) in [6.07, 6.45) is 0. The summed E-state index contributed by atoms with van der Waals surface area (Å²) in [6.45, 7) is 2.68. The number of likely N-dealkylation sites (tertiary alicyclic amines) is 1. The molecule has 0 aliphatic carbocycles. The van der Waals surface area contributed by atoms with Gasteiger partial charge in [-0.2, -0.15) is 0 Å². The number of amides is 1. The molecule has 18 heavy (non-hydrogen) atoms. The number of carbonyl (C=O) groups is 1. The van der Waals surface area contributed by atoms with Crippen molar-refractivity contribution in [1.29, 1.82) is 0 Å². The van der Waals surface area contributed by atoms with Crippen LogP contribution >= 0.6 is 0 Å². The lowest BCUT2D eigenvalue weighted by molar-refractivity contribution is -0.134. The molecule has 0 radical (unpaired) electrons. The first kappa shape index (κ1) is 11.7. The minimum absolute atomic E-state index is 0.0891. The maximum absolute atomic E-state index is 11.9. The molecule has 1 aromatic rings. The van der Waals surface area contributed by atoms with Gasteiger partial charge in [-0.05, 0) is 11.1 Å². The van der Waals surface area contributed by atoms with Gasteiger partial charge in [-0.25, -0.2) is 0 Å². The van der Waals surface area contributed by atoms with Gasteiger partial charge in [0.25, 0.3) is 0 Å². The number of hydrogen-bond acceptors (Lipinski definition) is 3. The van der Waals surface area contributed by atoms with Gasteiger partial charge < -0.3 is 15.0 Å². The lowest BCUT2D eigenvalue weighted by Crippen LogP contribution is -2.39. The minimum Gasteiger partial charge on any atom is -0.375 e. The van der Waals surface area contributed by atoms with Gasteiger partial charge in [0.15, 0.2) is 0 Å². The third kappa shape index (κ3) is 1.91. The van der Waals surface area contributed by atoms with E-state index in [0.29, 0.717) is 12.0 Å². The van der Waals surface area contributed by atoms with Gasteiger partial charge in [0.2, 0.25) is 5.91 Å². The summed E-state index contributed by atoms with van der Waals surface area (Å²) in [5, 5.41) is 3.53. The Hall–Kier alpha value is -1.39. The van der Waals surface area contributed by atoms with Crippen molar-refractivity contribution in [3.63, 3.8) is 0 Å². The van der Waals surface area contributed by atoms with Gasteiger partial charge >= 0.3 is 0 Å². The molecular weight excluding hydrogens is 228 g/mol. The van der Waals surface area contributed by atoms with Crippen molar-refractivity contribution < 1.29 is 9.53 Å². The van der Waals surface area contributed by atoms with Crippen LogP contribution < -0.4 is 5.32 Å². The molecule has 0 spiro atoms. The van der Waals surface area contributed by atoms with Gasteiger partial charge in [0.05, 0.1) is 0 Å². The first-order chi connectivity index (χ1) is 8.79. The summed E-state index contributed by atoms with van der Waals surface area (Å²) >= 11 is 0. The molecule has 1 saturated heterocycles. The molecule has 2 aliphatic rings. The van der Waals surface area contributed by atoms with Crippen molar-refractivity contribution in [3.05, 3.63) is 35.4 Å². The normalized spacial score (nSPS) is 25.7. The fourth-order valence-electron chi connectivity index (χ4n) is 3.04. The Balaban J connectivity index is 1.80. The molecule has 0 aromatic heterocycles. The largest absolute Gasteiger partial charge is 0.375 e. The summed E-state index contributed by atoms with van der Waals surface area (Å²) in [4.78, 5) is 13.8. The lowest BCUT2D eigenvalue weighted by Gasteiger charge is -2.28. The van der Waals surface area contributed by atoms with Crippen LogP contribution in [0.25, 0.3) is 0 Å². The van der Waals surface area contributed by atoms with Gasteiger partial charge in [-0.3, -0.25) is 4.79 Å². The van der Waals surface area contributed by atoms with Crippen LogP contribution in [0.15, 0.2) is 24.3 Å². The number of hydrogen-bond donors (Lipinski definition) is 1. The van der Waals surface area contributed by atoms with Crippen molar-refractivity contribution in [1.82, 2.24) is 10.2 Å². The quantitative estimate of drug-likeness (QED) is 0.836. The molecular formula is C14H18N2O2. The van der Waals surface area contributed by atoms with Gasteiger partial charge in [-0.15, -0.1) is 0 Å². The second kappa shape index (κ2) is 4.71. The summed E-state index contributed by atoms with van der Waals surface area (Å²) in [5.74, 6) is 0.516. The van der Waals surface area contributed by atoms with E-state index < -0.39 is 0 Å². The Morgan fingerprint density at radius 3 is 3.11 bits per heavy atom. The Bertz CT molecular complexity index is 461. The number of carbonyl (C=O) groups excluding carboxylic acids is 1. The van der Waals surface area contributed by atoms with E-state index in [1.165, 1.54) is 11.1 Å². The zero-order chi connectivity index (χ0) is 12.5. The van der Waals surface area contributed by atoms with Crippen LogP contribution in [0.5, 0.6) is 0 Å². The predicted molar refractivity (Wildman–Crippen MR) is 68.3 cm³/mol. The average Bonchev–Trinajstić information content (AvgIpc) is 2.83. The van der Waals surface area contributed by atoms with E-state index in [1.54, 1.807) is 7.11 Å². The molecule has 2 atom stereocenters. The topological polar surface area (TPSA) is 41.6 Å². The van der Waals surface area contributed by atoms with Crippen molar-refractivity contribution in [2.75, 3.05) is 26.8 Å². The third-order valence-electron chi connectivity index (χ3n) is 3.95. The number of ether oxygens (including phenoxy) is 1. The fourth-order valence-corrected chi connectivity index (χ4v) is 3.04. The van der Waals surface area contributed by atoms with Crippen LogP contribution in [0.2, 0.25) is 0 Å². The molecule has 0 bridgehead atoms. The molecule has 4 heteroatoms. The van der Waals surface area contributed by atoms with E-state index in [0.717, 1.165) is 19.6 Å². The Labute approximate surface area is 107 Å². The van der Waals surface area contributed by atoms with E-state index in [-0.39, 0.29) is 12.5 Å². The zero-order valence-corrected chi connectivity index (χ0v) is 10.6. The molecule has 0 unspecified atom stereocenters. The second-order valence-electron chi connectivity index (χ2n) is 5.02. The zero-order valence-electron chi connectivity index (χ0n) is 10.6. The molecule has 1 amide bonds. The number of methoxy groups -OCH3 is 1. The number of benzene rings is 1. The second-order valence-corrected chi connectivity index (χ2v) is 5.02. The van der Waals surface area contributed by atoms with Gasteiger partial charge in [0.1, 0.15) is 6.61 Å². The maximum atomic E-state index is 11.9. The SMILES string of the molecule is COCC(=O)N1C[C@H]2NCc3ccccc3[C@@H]2C1. The predicted octanol–water partition coefficient (Wildman–Crippen LogP) is 0.731. The van der Waals surface area contributed by atoms with Crippen molar-refractivity contribution in [3.8, 4) is 0 Å². The standard InChI is InChI=1S/C14H18N2O2/c1-18-9-14(17)16-7-12-11-5-3-2-4-10(11)6-15-13(12)8-16/h2-5,12-13,15H,6-9H2,1H3/t12-,13+/m0/s1. The maximum Gasteiger partial charge on any atom is 0.248 e.